The second kappa shape index (κ2) is 7.04. The predicted molar refractivity (Wildman–Crippen MR) is 82.0 cm³/mol. The molecule has 0 aliphatic heterocycles. The summed E-state index contributed by atoms with van der Waals surface area (Å²) >= 11 is 8.98. The summed E-state index contributed by atoms with van der Waals surface area (Å²) in [6.07, 6.45) is 1.85. The lowest BCUT2D eigenvalue weighted by atomic mass is 10.2. The van der Waals surface area contributed by atoms with Crippen molar-refractivity contribution in [1.82, 2.24) is 4.98 Å². The molecule has 2 nitrogen and oxygen atoms in total. The van der Waals surface area contributed by atoms with E-state index in [9.17, 15) is 4.39 Å². The number of alkyl halides is 1. The highest BCUT2D eigenvalue weighted by molar-refractivity contribution is 9.10. The molecule has 0 amide bonds. The Labute approximate surface area is 131 Å². The van der Waals surface area contributed by atoms with Gasteiger partial charge in [0.15, 0.2) is 0 Å². The monoisotopic (exact) mass is 357 g/mol. The normalized spacial score (nSPS) is 10.6. The molecule has 2 rings (SSSR count). The van der Waals surface area contributed by atoms with Gasteiger partial charge in [-0.2, -0.15) is 0 Å². The number of aromatic nitrogens is 1. The number of pyridine rings is 1. The maximum Gasteiger partial charge on any atom is 0.219 e. The molecule has 0 N–H and O–H groups in total. The summed E-state index contributed by atoms with van der Waals surface area (Å²) in [6.45, 7) is 2.08. The maximum atomic E-state index is 13.5. The number of rotatable bonds is 5. The molecule has 1 aromatic heterocycles. The zero-order valence-electron chi connectivity index (χ0n) is 11.0. The van der Waals surface area contributed by atoms with Gasteiger partial charge < -0.3 is 4.74 Å². The Morgan fingerprint density at radius 1 is 1.30 bits per heavy atom. The van der Waals surface area contributed by atoms with Crippen LogP contribution in [0.1, 0.15) is 24.6 Å². The van der Waals surface area contributed by atoms with Crippen molar-refractivity contribution < 1.29 is 9.13 Å². The molecule has 0 aliphatic rings. The van der Waals surface area contributed by atoms with E-state index in [0.29, 0.717) is 22.0 Å². The molecule has 0 fully saturated rings. The average molecular weight is 359 g/mol. The van der Waals surface area contributed by atoms with E-state index < -0.39 is 0 Å². The van der Waals surface area contributed by atoms with Crippen LogP contribution in [0, 0.1) is 5.82 Å². The molecule has 0 aliphatic carbocycles. The van der Waals surface area contributed by atoms with Crippen molar-refractivity contribution in [2.24, 2.45) is 0 Å². The van der Waals surface area contributed by atoms with Crippen molar-refractivity contribution in [3.8, 4) is 11.6 Å². The molecule has 20 heavy (non-hydrogen) atoms. The van der Waals surface area contributed by atoms with Crippen LogP contribution in [0.4, 0.5) is 4.39 Å². The highest BCUT2D eigenvalue weighted by Crippen LogP contribution is 2.26. The molecule has 0 atom stereocenters. The minimum absolute atomic E-state index is 0.371. The molecule has 2 aromatic rings. The maximum absolute atomic E-state index is 13.5. The van der Waals surface area contributed by atoms with Crippen molar-refractivity contribution in [2.45, 2.75) is 25.6 Å². The van der Waals surface area contributed by atoms with E-state index in [2.05, 4.69) is 27.8 Å². The smallest absolute Gasteiger partial charge is 0.219 e. The van der Waals surface area contributed by atoms with Crippen LogP contribution in [0.25, 0.3) is 0 Å². The van der Waals surface area contributed by atoms with Gasteiger partial charge in [-0.05, 0) is 46.1 Å². The van der Waals surface area contributed by atoms with Crippen LogP contribution in [-0.4, -0.2) is 4.98 Å². The topological polar surface area (TPSA) is 22.1 Å². The Hall–Kier alpha value is -1.13. The molecule has 0 radical (unpaired) electrons. The van der Waals surface area contributed by atoms with Crippen LogP contribution in [-0.2, 0) is 12.3 Å². The Kier molecular flexibility index (Phi) is 5.38. The van der Waals surface area contributed by atoms with E-state index in [-0.39, 0.29) is 5.82 Å². The van der Waals surface area contributed by atoms with Gasteiger partial charge in [0.2, 0.25) is 5.88 Å². The largest absolute Gasteiger partial charge is 0.439 e. The number of aryl methyl sites for hydroxylation is 1. The molecule has 106 valence electrons. The Morgan fingerprint density at radius 2 is 2.10 bits per heavy atom. The van der Waals surface area contributed by atoms with Crippen LogP contribution in [0.5, 0.6) is 11.6 Å². The predicted octanol–water partition coefficient (Wildman–Crippen LogP) is 5.47. The van der Waals surface area contributed by atoms with Crippen molar-refractivity contribution in [3.05, 3.63) is 51.9 Å². The first-order chi connectivity index (χ1) is 9.62. The van der Waals surface area contributed by atoms with Crippen molar-refractivity contribution in [1.29, 1.82) is 0 Å². The SMILES string of the molecule is CCCc1cc(CCl)cc(Oc2ccc(Br)c(F)c2)n1. The van der Waals surface area contributed by atoms with E-state index in [4.69, 9.17) is 16.3 Å². The molecular formula is C15H14BrClFNO. The minimum atomic E-state index is -0.371. The Balaban J connectivity index is 2.27. The summed E-state index contributed by atoms with van der Waals surface area (Å²) in [5.74, 6) is 0.870. The first-order valence-corrected chi connectivity index (χ1v) is 7.64. The van der Waals surface area contributed by atoms with E-state index in [1.54, 1.807) is 18.2 Å². The third-order valence-corrected chi connectivity index (χ3v) is 3.64. The highest BCUT2D eigenvalue weighted by atomic mass is 79.9. The minimum Gasteiger partial charge on any atom is -0.439 e. The number of nitrogens with zero attached hydrogens (tertiary/aromatic N) is 1. The Bertz CT molecular complexity index is 606. The number of halogens is 3. The van der Waals surface area contributed by atoms with Crippen molar-refractivity contribution in [3.63, 3.8) is 0 Å². The molecule has 0 bridgehead atoms. The number of hydrogen-bond donors (Lipinski definition) is 0. The van der Waals surface area contributed by atoms with E-state index in [1.807, 2.05) is 6.07 Å². The van der Waals surface area contributed by atoms with Gasteiger partial charge in [0.05, 0.1) is 4.47 Å². The fourth-order valence-electron chi connectivity index (χ4n) is 1.80. The fourth-order valence-corrected chi connectivity index (χ4v) is 2.20. The molecular weight excluding hydrogens is 345 g/mol. The molecule has 0 saturated carbocycles. The number of benzene rings is 1. The van der Waals surface area contributed by atoms with E-state index >= 15 is 0 Å². The van der Waals surface area contributed by atoms with Gasteiger partial charge in [-0.3, -0.25) is 0 Å². The third-order valence-electron chi connectivity index (χ3n) is 2.69. The summed E-state index contributed by atoms with van der Waals surface area (Å²) in [5.41, 5.74) is 1.87. The number of ether oxygens (including phenoxy) is 1. The van der Waals surface area contributed by atoms with Crippen LogP contribution >= 0.6 is 27.5 Å². The highest BCUT2D eigenvalue weighted by Gasteiger charge is 2.07. The molecule has 0 spiro atoms. The van der Waals surface area contributed by atoms with Crippen LogP contribution < -0.4 is 4.74 Å². The second-order valence-electron chi connectivity index (χ2n) is 4.37. The summed E-state index contributed by atoms with van der Waals surface area (Å²) in [5, 5.41) is 0. The quantitative estimate of drug-likeness (QED) is 0.661. The molecule has 5 heteroatoms. The van der Waals surface area contributed by atoms with Gasteiger partial charge in [-0.25, -0.2) is 9.37 Å². The third kappa shape index (κ3) is 3.93. The lowest BCUT2D eigenvalue weighted by molar-refractivity contribution is 0.455. The summed E-state index contributed by atoms with van der Waals surface area (Å²) in [4.78, 5) is 4.40. The van der Waals surface area contributed by atoms with Gasteiger partial charge in [0, 0.05) is 23.7 Å². The van der Waals surface area contributed by atoms with Crippen LogP contribution in [0.15, 0.2) is 34.8 Å². The standard InChI is InChI=1S/C15H14BrClFNO/c1-2-3-11-6-10(9-17)7-15(19-11)20-12-4-5-13(16)14(18)8-12/h4-8H,2-3,9H2,1H3. The van der Waals surface area contributed by atoms with Crippen LogP contribution in [0.2, 0.25) is 0 Å². The molecule has 0 saturated heterocycles. The lowest BCUT2D eigenvalue weighted by Gasteiger charge is -2.09. The lowest BCUT2D eigenvalue weighted by Crippen LogP contribution is -1.96. The molecule has 1 aromatic carbocycles. The first-order valence-electron chi connectivity index (χ1n) is 6.31. The number of hydrogen-bond acceptors (Lipinski definition) is 2. The first kappa shape index (κ1) is 15.3. The van der Waals surface area contributed by atoms with Crippen molar-refractivity contribution in [2.75, 3.05) is 0 Å². The zero-order valence-corrected chi connectivity index (χ0v) is 13.3. The van der Waals surface area contributed by atoms with Gasteiger partial charge in [-0.15, -0.1) is 11.6 Å². The summed E-state index contributed by atoms with van der Waals surface area (Å²) in [6, 6.07) is 8.33. The molecule has 1 heterocycles. The van der Waals surface area contributed by atoms with Crippen molar-refractivity contribution >= 4 is 27.5 Å². The van der Waals surface area contributed by atoms with Crippen LogP contribution in [0.3, 0.4) is 0 Å². The van der Waals surface area contributed by atoms with E-state index in [1.165, 1.54) is 6.07 Å². The van der Waals surface area contributed by atoms with E-state index in [0.717, 1.165) is 24.1 Å². The van der Waals surface area contributed by atoms with Gasteiger partial charge in [0.25, 0.3) is 0 Å². The van der Waals surface area contributed by atoms with Gasteiger partial charge >= 0.3 is 0 Å². The summed E-state index contributed by atoms with van der Waals surface area (Å²) < 4.78 is 19.5. The summed E-state index contributed by atoms with van der Waals surface area (Å²) in [7, 11) is 0. The fraction of sp³-hybridized carbons (Fsp3) is 0.267. The van der Waals surface area contributed by atoms with Gasteiger partial charge in [0.1, 0.15) is 11.6 Å². The zero-order chi connectivity index (χ0) is 14.5. The average Bonchev–Trinajstić information content (AvgIpc) is 2.43. The molecule has 0 unspecified atom stereocenters. The van der Waals surface area contributed by atoms with Gasteiger partial charge in [-0.1, -0.05) is 13.3 Å². The Morgan fingerprint density at radius 3 is 2.75 bits per heavy atom. The second-order valence-corrected chi connectivity index (χ2v) is 5.49.